The molecule has 146 valence electrons. The van der Waals surface area contributed by atoms with Crippen molar-refractivity contribution in [2.45, 2.75) is 52.1 Å². The quantitative estimate of drug-likeness (QED) is 0.601. The maximum Gasteiger partial charge on any atom is 0.401 e. The number of alkyl halides is 3. The SMILES string of the molecule is CCCC1(C)CCCN(C(=NC)NCC2CCN(CC(F)(F)F)C2)C1. The number of guanidine groups is 1. The van der Waals surface area contributed by atoms with Crippen molar-refractivity contribution in [2.24, 2.45) is 16.3 Å². The molecule has 0 aromatic heterocycles. The Labute approximate surface area is 149 Å². The van der Waals surface area contributed by atoms with Crippen molar-refractivity contribution in [3.8, 4) is 0 Å². The predicted octanol–water partition coefficient (Wildman–Crippen LogP) is 3.35. The Hall–Kier alpha value is -0.980. The van der Waals surface area contributed by atoms with Crippen LogP contribution in [-0.2, 0) is 0 Å². The molecule has 2 rings (SSSR count). The largest absolute Gasteiger partial charge is 0.401 e. The van der Waals surface area contributed by atoms with Crippen LogP contribution in [0, 0.1) is 11.3 Å². The maximum atomic E-state index is 12.5. The molecule has 2 heterocycles. The zero-order valence-electron chi connectivity index (χ0n) is 15.8. The highest BCUT2D eigenvalue weighted by Gasteiger charge is 2.35. The second-order valence-electron chi connectivity index (χ2n) is 8.02. The smallest absolute Gasteiger partial charge is 0.356 e. The molecular weight excluding hydrogens is 329 g/mol. The van der Waals surface area contributed by atoms with E-state index in [9.17, 15) is 13.2 Å². The molecule has 0 aromatic carbocycles. The van der Waals surface area contributed by atoms with Gasteiger partial charge in [0, 0.05) is 33.2 Å². The van der Waals surface area contributed by atoms with Crippen LogP contribution in [0.3, 0.4) is 0 Å². The Morgan fingerprint density at radius 1 is 1.32 bits per heavy atom. The number of nitrogens with one attached hydrogen (secondary N) is 1. The van der Waals surface area contributed by atoms with E-state index < -0.39 is 12.7 Å². The maximum absolute atomic E-state index is 12.5. The average molecular weight is 362 g/mol. The first kappa shape index (κ1) is 20.3. The van der Waals surface area contributed by atoms with E-state index in [2.05, 4.69) is 29.1 Å². The topological polar surface area (TPSA) is 30.9 Å². The second-order valence-corrected chi connectivity index (χ2v) is 8.02. The lowest BCUT2D eigenvalue weighted by molar-refractivity contribution is -0.143. The summed E-state index contributed by atoms with van der Waals surface area (Å²) in [6.45, 7) is 7.53. The molecule has 2 aliphatic rings. The van der Waals surface area contributed by atoms with E-state index in [4.69, 9.17) is 0 Å². The molecule has 0 aromatic rings. The first-order valence-electron chi connectivity index (χ1n) is 9.49. The van der Waals surface area contributed by atoms with E-state index in [-0.39, 0.29) is 5.92 Å². The highest BCUT2D eigenvalue weighted by atomic mass is 19.4. The number of likely N-dealkylation sites (tertiary alicyclic amines) is 2. The standard InChI is InChI=1S/C18H33F3N4/c1-4-7-17(2)8-5-9-25(13-17)16(22-3)23-11-15-6-10-24(12-15)14-18(19,20)21/h15H,4-14H2,1-3H3,(H,22,23). The van der Waals surface area contributed by atoms with Gasteiger partial charge in [-0.25, -0.2) is 0 Å². The van der Waals surface area contributed by atoms with Crippen molar-refractivity contribution >= 4 is 5.96 Å². The molecule has 0 bridgehead atoms. The van der Waals surface area contributed by atoms with Gasteiger partial charge in [-0.15, -0.1) is 0 Å². The van der Waals surface area contributed by atoms with Gasteiger partial charge in [-0.1, -0.05) is 20.3 Å². The van der Waals surface area contributed by atoms with Crippen LogP contribution >= 0.6 is 0 Å². The zero-order chi connectivity index (χ0) is 18.5. The number of aliphatic imine (C=N–C) groups is 1. The first-order valence-corrected chi connectivity index (χ1v) is 9.49. The summed E-state index contributed by atoms with van der Waals surface area (Å²) in [5, 5.41) is 3.41. The number of rotatable bonds is 5. The third kappa shape index (κ3) is 6.35. The molecule has 2 atom stereocenters. The molecule has 2 unspecified atom stereocenters. The first-order chi connectivity index (χ1) is 11.7. The second kappa shape index (κ2) is 8.60. The van der Waals surface area contributed by atoms with Gasteiger partial charge in [-0.05, 0) is 43.6 Å². The Balaban J connectivity index is 1.81. The van der Waals surface area contributed by atoms with Gasteiger partial charge in [-0.3, -0.25) is 9.89 Å². The minimum Gasteiger partial charge on any atom is -0.356 e. The van der Waals surface area contributed by atoms with Crippen LogP contribution in [0.15, 0.2) is 4.99 Å². The molecule has 25 heavy (non-hydrogen) atoms. The highest BCUT2D eigenvalue weighted by molar-refractivity contribution is 5.80. The lowest BCUT2D eigenvalue weighted by Gasteiger charge is -2.42. The summed E-state index contributed by atoms with van der Waals surface area (Å²) in [4.78, 5) is 8.24. The predicted molar refractivity (Wildman–Crippen MR) is 95.8 cm³/mol. The minimum absolute atomic E-state index is 0.255. The van der Waals surface area contributed by atoms with Gasteiger partial charge in [0.25, 0.3) is 0 Å². The Morgan fingerprint density at radius 2 is 2.08 bits per heavy atom. The Kier molecular flexibility index (Phi) is 7.00. The van der Waals surface area contributed by atoms with Gasteiger partial charge in [0.15, 0.2) is 5.96 Å². The van der Waals surface area contributed by atoms with Gasteiger partial charge in [-0.2, -0.15) is 13.2 Å². The van der Waals surface area contributed by atoms with Crippen LogP contribution < -0.4 is 5.32 Å². The zero-order valence-corrected chi connectivity index (χ0v) is 15.8. The molecule has 0 spiro atoms. The van der Waals surface area contributed by atoms with Gasteiger partial charge in [0.05, 0.1) is 6.54 Å². The highest BCUT2D eigenvalue weighted by Crippen LogP contribution is 2.34. The average Bonchev–Trinajstić information content (AvgIpc) is 2.93. The van der Waals surface area contributed by atoms with Gasteiger partial charge >= 0.3 is 6.18 Å². The van der Waals surface area contributed by atoms with E-state index in [0.717, 1.165) is 25.5 Å². The fourth-order valence-corrected chi connectivity index (χ4v) is 4.35. The van der Waals surface area contributed by atoms with E-state index in [1.54, 1.807) is 7.05 Å². The van der Waals surface area contributed by atoms with Crippen LogP contribution in [0.2, 0.25) is 0 Å². The molecule has 2 fully saturated rings. The number of piperidine rings is 1. The summed E-state index contributed by atoms with van der Waals surface area (Å²) in [5.74, 6) is 1.15. The fraction of sp³-hybridized carbons (Fsp3) is 0.944. The Bertz CT molecular complexity index is 448. The molecule has 0 aliphatic carbocycles. The minimum atomic E-state index is -4.10. The van der Waals surface area contributed by atoms with Crippen LogP contribution in [0.4, 0.5) is 13.2 Å². The summed E-state index contributed by atoms with van der Waals surface area (Å²) >= 11 is 0. The van der Waals surface area contributed by atoms with Crippen molar-refractivity contribution < 1.29 is 13.2 Å². The number of hydrogen-bond acceptors (Lipinski definition) is 2. The van der Waals surface area contributed by atoms with E-state index in [0.29, 0.717) is 25.0 Å². The molecule has 2 saturated heterocycles. The normalized spacial score (nSPS) is 29.3. The summed E-state index contributed by atoms with van der Waals surface area (Å²) in [5.41, 5.74) is 0.335. The van der Waals surface area contributed by atoms with Crippen LogP contribution in [-0.4, -0.2) is 68.3 Å². The molecule has 1 N–H and O–H groups in total. The number of hydrogen-bond donors (Lipinski definition) is 1. The van der Waals surface area contributed by atoms with Crippen LogP contribution in [0.5, 0.6) is 0 Å². The summed E-state index contributed by atoms with van der Waals surface area (Å²) in [6.07, 6.45) is 1.54. The third-order valence-corrected chi connectivity index (χ3v) is 5.47. The summed E-state index contributed by atoms with van der Waals surface area (Å²) in [6, 6.07) is 0. The lowest BCUT2D eigenvalue weighted by atomic mass is 9.78. The third-order valence-electron chi connectivity index (χ3n) is 5.47. The Morgan fingerprint density at radius 3 is 2.72 bits per heavy atom. The van der Waals surface area contributed by atoms with Crippen molar-refractivity contribution in [3.63, 3.8) is 0 Å². The van der Waals surface area contributed by atoms with Crippen LogP contribution in [0.25, 0.3) is 0 Å². The number of nitrogens with zero attached hydrogens (tertiary/aromatic N) is 3. The monoisotopic (exact) mass is 362 g/mol. The van der Waals surface area contributed by atoms with E-state index in [1.165, 1.54) is 30.6 Å². The van der Waals surface area contributed by atoms with Gasteiger partial charge in [0.2, 0.25) is 0 Å². The lowest BCUT2D eigenvalue weighted by Crippen LogP contribution is -2.50. The van der Waals surface area contributed by atoms with Crippen molar-refractivity contribution in [3.05, 3.63) is 0 Å². The number of halogens is 3. The van der Waals surface area contributed by atoms with E-state index >= 15 is 0 Å². The van der Waals surface area contributed by atoms with Crippen LogP contribution in [0.1, 0.15) is 46.0 Å². The fourth-order valence-electron chi connectivity index (χ4n) is 4.35. The molecule has 0 saturated carbocycles. The van der Waals surface area contributed by atoms with Crippen molar-refractivity contribution in [1.29, 1.82) is 0 Å². The molecular formula is C18H33F3N4. The summed E-state index contributed by atoms with van der Waals surface area (Å²) < 4.78 is 37.5. The van der Waals surface area contributed by atoms with Crippen molar-refractivity contribution in [2.75, 3.05) is 46.3 Å². The van der Waals surface area contributed by atoms with Gasteiger partial charge < -0.3 is 10.2 Å². The van der Waals surface area contributed by atoms with Crippen molar-refractivity contribution in [1.82, 2.24) is 15.1 Å². The molecule has 0 amide bonds. The van der Waals surface area contributed by atoms with Gasteiger partial charge in [0.1, 0.15) is 0 Å². The molecule has 0 radical (unpaired) electrons. The molecule has 7 heteroatoms. The molecule has 4 nitrogen and oxygen atoms in total. The van der Waals surface area contributed by atoms with E-state index in [1.807, 2.05) is 0 Å². The molecule has 2 aliphatic heterocycles. The summed E-state index contributed by atoms with van der Waals surface area (Å²) in [7, 11) is 1.79.